The molecule has 0 aliphatic heterocycles. The van der Waals surface area contributed by atoms with Gasteiger partial charge in [-0.25, -0.2) is 14.6 Å². The van der Waals surface area contributed by atoms with Crippen LogP contribution in [0.4, 0.5) is 0 Å². The summed E-state index contributed by atoms with van der Waals surface area (Å²) in [5, 5.41) is 5.64. The van der Waals surface area contributed by atoms with Gasteiger partial charge >= 0.3 is 0 Å². The Balaban J connectivity index is 1.66. The predicted octanol–water partition coefficient (Wildman–Crippen LogP) is 4.26. The lowest BCUT2D eigenvalue weighted by molar-refractivity contribution is 0.468. The molecule has 0 amide bonds. The van der Waals surface area contributed by atoms with Crippen LogP contribution in [0.25, 0.3) is 16.6 Å². The first-order valence-electron chi connectivity index (χ1n) is 6.98. The molecule has 0 spiro atoms. The maximum Gasteiger partial charge on any atom is 0.230 e. The summed E-state index contributed by atoms with van der Waals surface area (Å²) in [6.45, 7) is 0. The molecule has 0 aliphatic carbocycles. The predicted molar refractivity (Wildman–Crippen MR) is 88.2 cm³/mol. The number of rotatable bonds is 3. The van der Waals surface area contributed by atoms with Crippen LogP contribution in [0.3, 0.4) is 0 Å². The highest BCUT2D eigenvalue weighted by molar-refractivity contribution is 6.31. The van der Waals surface area contributed by atoms with Crippen molar-refractivity contribution < 1.29 is 4.74 Å². The van der Waals surface area contributed by atoms with Gasteiger partial charge in [0, 0.05) is 17.4 Å². The maximum atomic E-state index is 5.99. The van der Waals surface area contributed by atoms with Gasteiger partial charge < -0.3 is 4.74 Å². The van der Waals surface area contributed by atoms with E-state index in [-0.39, 0.29) is 0 Å². The lowest BCUT2D eigenvalue weighted by Gasteiger charge is -2.08. The Labute approximate surface area is 137 Å². The number of benzene rings is 2. The number of halogens is 1. The molecule has 0 atom stereocenters. The van der Waals surface area contributed by atoms with E-state index in [2.05, 4.69) is 15.1 Å². The number of ether oxygens (including phenoxy) is 1. The summed E-state index contributed by atoms with van der Waals surface area (Å²) in [6, 6.07) is 14.9. The number of nitrogens with zero attached hydrogens (tertiary/aromatic N) is 4. The van der Waals surface area contributed by atoms with Gasteiger partial charge in [-0.05, 0) is 48.5 Å². The second-order valence-corrected chi connectivity index (χ2v) is 5.32. The third-order valence-electron chi connectivity index (χ3n) is 3.38. The van der Waals surface area contributed by atoms with Crippen molar-refractivity contribution in [1.29, 1.82) is 0 Å². The molecule has 4 aromatic rings. The summed E-state index contributed by atoms with van der Waals surface area (Å²) >= 11 is 5.99. The first-order chi connectivity index (χ1) is 11.3. The lowest BCUT2D eigenvalue weighted by Crippen LogP contribution is -1.95. The molecular formula is C17H11ClN4O. The molecule has 0 saturated heterocycles. The van der Waals surface area contributed by atoms with Gasteiger partial charge in [-0.15, -0.1) is 0 Å². The zero-order valence-corrected chi connectivity index (χ0v) is 12.7. The van der Waals surface area contributed by atoms with Gasteiger partial charge in [-0.2, -0.15) is 5.10 Å². The highest BCUT2D eigenvalue weighted by Gasteiger charge is 2.07. The fourth-order valence-electron chi connectivity index (χ4n) is 2.29. The van der Waals surface area contributed by atoms with Crippen molar-refractivity contribution in [3.63, 3.8) is 0 Å². The summed E-state index contributed by atoms with van der Waals surface area (Å²) in [4.78, 5) is 8.42. The molecule has 5 nitrogen and oxygen atoms in total. The molecule has 2 aromatic carbocycles. The molecule has 0 N–H and O–H groups in total. The molecule has 2 aromatic heterocycles. The van der Waals surface area contributed by atoms with Crippen molar-refractivity contribution in [2.24, 2.45) is 0 Å². The molecule has 2 heterocycles. The summed E-state index contributed by atoms with van der Waals surface area (Å²) < 4.78 is 7.66. The lowest BCUT2D eigenvalue weighted by atomic mass is 10.2. The second-order valence-electron chi connectivity index (χ2n) is 4.89. The summed E-state index contributed by atoms with van der Waals surface area (Å²) in [5.74, 6) is 1.19. The van der Waals surface area contributed by atoms with Crippen molar-refractivity contribution >= 4 is 22.5 Å². The molecule has 0 radical (unpaired) electrons. The number of hydrogen-bond acceptors (Lipinski definition) is 4. The van der Waals surface area contributed by atoms with E-state index in [1.54, 1.807) is 23.0 Å². The largest absolute Gasteiger partial charge is 0.438 e. The summed E-state index contributed by atoms with van der Waals surface area (Å²) in [6.07, 6.45) is 5.09. The van der Waals surface area contributed by atoms with Gasteiger partial charge in [-0.1, -0.05) is 11.6 Å². The van der Waals surface area contributed by atoms with Gasteiger partial charge in [0.1, 0.15) is 12.1 Å². The van der Waals surface area contributed by atoms with Gasteiger partial charge in [0.2, 0.25) is 5.88 Å². The number of fused-ring (bicyclic) bond motifs is 1. The van der Waals surface area contributed by atoms with E-state index in [4.69, 9.17) is 16.3 Å². The Bertz CT molecular complexity index is 952. The Morgan fingerprint density at radius 2 is 1.87 bits per heavy atom. The topological polar surface area (TPSA) is 52.8 Å². The van der Waals surface area contributed by atoms with Crippen molar-refractivity contribution in [2.75, 3.05) is 0 Å². The molecule has 0 unspecified atom stereocenters. The van der Waals surface area contributed by atoms with Crippen LogP contribution >= 0.6 is 11.6 Å². The molecule has 0 saturated carbocycles. The van der Waals surface area contributed by atoms with Crippen LogP contribution in [-0.2, 0) is 0 Å². The van der Waals surface area contributed by atoms with Gasteiger partial charge in [0.05, 0.1) is 16.6 Å². The van der Waals surface area contributed by atoms with Crippen LogP contribution in [0.2, 0.25) is 5.02 Å². The van der Waals surface area contributed by atoms with Gasteiger partial charge in [0.25, 0.3) is 0 Å². The second kappa shape index (κ2) is 5.70. The molecule has 112 valence electrons. The highest BCUT2D eigenvalue weighted by Crippen LogP contribution is 2.28. The van der Waals surface area contributed by atoms with Crippen molar-refractivity contribution in [2.45, 2.75) is 0 Å². The van der Waals surface area contributed by atoms with Gasteiger partial charge in [-0.3, -0.25) is 0 Å². The Hall–Kier alpha value is -2.92. The van der Waals surface area contributed by atoms with Crippen LogP contribution in [0, 0.1) is 0 Å². The average Bonchev–Trinajstić information content (AvgIpc) is 3.10. The van der Waals surface area contributed by atoms with E-state index in [0.29, 0.717) is 16.7 Å². The molecule has 0 fully saturated rings. The van der Waals surface area contributed by atoms with E-state index in [9.17, 15) is 0 Å². The Morgan fingerprint density at radius 3 is 2.65 bits per heavy atom. The fourth-order valence-corrected chi connectivity index (χ4v) is 2.45. The van der Waals surface area contributed by atoms with E-state index in [0.717, 1.165) is 16.6 Å². The van der Waals surface area contributed by atoms with E-state index in [1.165, 1.54) is 6.33 Å². The zero-order valence-electron chi connectivity index (χ0n) is 11.9. The third-order valence-corrected chi connectivity index (χ3v) is 3.62. The smallest absolute Gasteiger partial charge is 0.230 e. The number of hydrogen-bond donors (Lipinski definition) is 0. The quantitative estimate of drug-likeness (QED) is 0.565. The maximum absolute atomic E-state index is 5.99. The summed E-state index contributed by atoms with van der Waals surface area (Å²) in [7, 11) is 0. The van der Waals surface area contributed by atoms with E-state index < -0.39 is 0 Å². The molecule has 4 rings (SSSR count). The first-order valence-corrected chi connectivity index (χ1v) is 7.35. The van der Waals surface area contributed by atoms with Crippen LogP contribution in [0.15, 0.2) is 67.3 Å². The van der Waals surface area contributed by atoms with Crippen molar-refractivity contribution in [3.8, 4) is 17.3 Å². The number of aromatic nitrogens is 4. The van der Waals surface area contributed by atoms with Crippen molar-refractivity contribution in [3.05, 3.63) is 72.3 Å². The third kappa shape index (κ3) is 2.74. The van der Waals surface area contributed by atoms with E-state index in [1.807, 2.05) is 42.6 Å². The minimum Gasteiger partial charge on any atom is -0.438 e. The van der Waals surface area contributed by atoms with Crippen molar-refractivity contribution in [1.82, 2.24) is 19.7 Å². The molecule has 0 bridgehead atoms. The SMILES string of the molecule is Clc1ccc2c(Oc3ccc(-n4cccn4)cc3)ncnc2c1. The van der Waals surface area contributed by atoms with E-state index >= 15 is 0 Å². The monoisotopic (exact) mass is 322 g/mol. The van der Waals surface area contributed by atoms with Crippen LogP contribution < -0.4 is 4.74 Å². The normalized spacial score (nSPS) is 10.8. The zero-order chi connectivity index (χ0) is 15.6. The molecular weight excluding hydrogens is 312 g/mol. The molecule has 6 heteroatoms. The fraction of sp³-hybridized carbons (Fsp3) is 0. The highest BCUT2D eigenvalue weighted by atomic mass is 35.5. The van der Waals surface area contributed by atoms with Crippen LogP contribution in [0.5, 0.6) is 11.6 Å². The average molecular weight is 323 g/mol. The minimum absolute atomic E-state index is 0.499. The van der Waals surface area contributed by atoms with Gasteiger partial charge in [0.15, 0.2) is 0 Å². The first kappa shape index (κ1) is 13.7. The molecule has 0 aliphatic rings. The standard InChI is InChI=1S/C17H11ClN4O/c18-12-2-7-15-16(10-12)19-11-20-17(15)23-14-5-3-13(4-6-14)22-9-1-8-21-22/h1-11H. The summed E-state index contributed by atoms with van der Waals surface area (Å²) in [5.41, 5.74) is 1.71. The Kier molecular flexibility index (Phi) is 3.40. The van der Waals surface area contributed by atoms with Crippen LogP contribution in [-0.4, -0.2) is 19.7 Å². The Morgan fingerprint density at radius 1 is 1.00 bits per heavy atom. The van der Waals surface area contributed by atoms with Crippen LogP contribution in [0.1, 0.15) is 0 Å². The molecule has 23 heavy (non-hydrogen) atoms. The minimum atomic E-state index is 0.499.